The van der Waals surface area contributed by atoms with Gasteiger partial charge in [0.05, 0.1) is 28.5 Å². The number of hydrogen-bond acceptors (Lipinski definition) is 8. The summed E-state index contributed by atoms with van der Waals surface area (Å²) in [6, 6.07) is 17.3. The van der Waals surface area contributed by atoms with Gasteiger partial charge in [-0.25, -0.2) is 4.90 Å². The van der Waals surface area contributed by atoms with Crippen LogP contribution in [0.25, 0.3) is 6.08 Å². The van der Waals surface area contributed by atoms with Crippen LogP contribution in [0, 0.1) is 22.0 Å². The lowest BCUT2D eigenvalue weighted by Crippen LogP contribution is -2.44. The second-order valence-electron chi connectivity index (χ2n) is 9.60. The Kier molecular flexibility index (Phi) is 5.60. The molecule has 6 rings (SSSR count). The molecule has 4 atom stereocenters. The smallest absolute Gasteiger partial charge is 0.308 e. The summed E-state index contributed by atoms with van der Waals surface area (Å²) < 4.78 is 5.06. The van der Waals surface area contributed by atoms with E-state index in [1.807, 2.05) is 30.3 Å². The van der Waals surface area contributed by atoms with Crippen LogP contribution < -0.4 is 9.64 Å². The van der Waals surface area contributed by atoms with Gasteiger partial charge in [-0.3, -0.25) is 29.3 Å². The number of amides is 2. The van der Waals surface area contributed by atoms with Crippen molar-refractivity contribution in [3.63, 3.8) is 0 Å². The average molecular weight is 524 g/mol. The average Bonchev–Trinajstić information content (AvgIpc) is 3.41. The maximum atomic E-state index is 13.9. The number of fused-ring (bicyclic) bond motifs is 5. The third-order valence-corrected chi connectivity index (χ3v) is 7.43. The number of ether oxygens (including phenoxy) is 1. The molecule has 2 fully saturated rings. The Balaban J connectivity index is 1.44. The number of esters is 1. The van der Waals surface area contributed by atoms with Gasteiger partial charge in [-0.05, 0) is 41.5 Å². The van der Waals surface area contributed by atoms with E-state index in [0.717, 1.165) is 16.0 Å². The van der Waals surface area contributed by atoms with E-state index >= 15 is 0 Å². The number of hydrogen-bond donors (Lipinski definition) is 0. The Labute approximate surface area is 222 Å². The SMILES string of the molecule is CC(=O)Oc1ccc(N2C(=O)[C@@H]3[C@H](C2=O)[C@@H]2c4ccccc4C=CN2[C@@H]3C(=O)c2cccc([N+](=O)[O-])c2)cc1. The quantitative estimate of drug-likeness (QED) is 0.123. The number of carbonyl (C=O) groups is 4. The van der Waals surface area contributed by atoms with Crippen molar-refractivity contribution >= 4 is 41.0 Å². The van der Waals surface area contributed by atoms with Crippen molar-refractivity contribution in [1.29, 1.82) is 0 Å². The van der Waals surface area contributed by atoms with E-state index in [1.165, 1.54) is 55.5 Å². The predicted molar refractivity (Wildman–Crippen MR) is 138 cm³/mol. The number of non-ortho nitro benzene ring substituents is 1. The molecule has 3 heterocycles. The van der Waals surface area contributed by atoms with Gasteiger partial charge in [0.1, 0.15) is 11.8 Å². The maximum absolute atomic E-state index is 13.9. The number of nitrogens with zero attached hydrogens (tertiary/aromatic N) is 3. The molecule has 0 spiro atoms. The fourth-order valence-electron chi connectivity index (χ4n) is 5.88. The minimum Gasteiger partial charge on any atom is -0.427 e. The number of ketones is 1. The van der Waals surface area contributed by atoms with E-state index in [2.05, 4.69) is 0 Å². The summed E-state index contributed by atoms with van der Waals surface area (Å²) >= 11 is 0. The van der Waals surface area contributed by atoms with Crippen molar-refractivity contribution in [2.45, 2.75) is 19.0 Å². The third-order valence-electron chi connectivity index (χ3n) is 7.43. The molecule has 0 aromatic heterocycles. The highest BCUT2D eigenvalue weighted by atomic mass is 16.6. The number of rotatable bonds is 5. The zero-order valence-corrected chi connectivity index (χ0v) is 20.6. The van der Waals surface area contributed by atoms with Gasteiger partial charge in [-0.1, -0.05) is 36.4 Å². The Hall–Kier alpha value is -5.12. The van der Waals surface area contributed by atoms with Gasteiger partial charge in [0.2, 0.25) is 11.8 Å². The van der Waals surface area contributed by atoms with E-state index in [0.29, 0.717) is 5.69 Å². The molecule has 39 heavy (non-hydrogen) atoms. The lowest BCUT2D eigenvalue weighted by Gasteiger charge is -2.35. The molecule has 3 aliphatic heterocycles. The number of benzene rings is 3. The van der Waals surface area contributed by atoms with Crippen LogP contribution in [0.5, 0.6) is 5.75 Å². The maximum Gasteiger partial charge on any atom is 0.308 e. The van der Waals surface area contributed by atoms with Crippen LogP contribution in [-0.2, 0) is 14.4 Å². The van der Waals surface area contributed by atoms with Crippen LogP contribution in [0.2, 0.25) is 0 Å². The summed E-state index contributed by atoms with van der Waals surface area (Å²) in [4.78, 5) is 66.7. The van der Waals surface area contributed by atoms with E-state index < -0.39 is 52.4 Å². The number of Topliss-reactive ketones (excluding diaryl/α,β-unsaturated/α-hetero) is 1. The number of imide groups is 1. The van der Waals surface area contributed by atoms with Crippen molar-refractivity contribution in [3.8, 4) is 5.75 Å². The number of carbonyl (C=O) groups excluding carboxylic acids is 4. The minimum atomic E-state index is -1.05. The zero-order chi connectivity index (χ0) is 27.4. The molecule has 0 saturated carbocycles. The second kappa shape index (κ2) is 9.02. The van der Waals surface area contributed by atoms with Gasteiger partial charge in [-0.15, -0.1) is 0 Å². The lowest BCUT2D eigenvalue weighted by molar-refractivity contribution is -0.384. The topological polar surface area (TPSA) is 127 Å². The van der Waals surface area contributed by atoms with Gasteiger partial charge in [0, 0.05) is 30.8 Å². The first-order valence-electron chi connectivity index (χ1n) is 12.3. The molecule has 0 N–H and O–H groups in total. The first-order valence-corrected chi connectivity index (χ1v) is 12.3. The normalized spacial score (nSPS) is 22.8. The molecular weight excluding hydrogens is 502 g/mol. The van der Waals surface area contributed by atoms with Crippen LogP contribution in [0.1, 0.15) is 34.5 Å². The van der Waals surface area contributed by atoms with Crippen molar-refractivity contribution in [2.75, 3.05) is 4.90 Å². The Morgan fingerprint density at radius 3 is 2.36 bits per heavy atom. The van der Waals surface area contributed by atoms with Crippen LogP contribution in [0.3, 0.4) is 0 Å². The number of anilines is 1. The van der Waals surface area contributed by atoms with Crippen LogP contribution in [0.15, 0.2) is 79.0 Å². The standard InChI is InChI=1S/C29H21N3O7/c1-16(33)39-21-11-9-19(10-12-21)31-28(35)23-24(29(31)36)26(27(34)18-6-4-7-20(15-18)32(37)38)30-14-13-17-5-2-3-8-22(17)25(23)30/h2-15,23-26H,1H3/t23-,24+,25-,26-/m0/s1. The van der Waals surface area contributed by atoms with Gasteiger partial charge >= 0.3 is 5.97 Å². The van der Waals surface area contributed by atoms with Gasteiger partial charge in [-0.2, -0.15) is 0 Å². The fraction of sp³-hybridized carbons (Fsp3) is 0.172. The van der Waals surface area contributed by atoms with Crippen molar-refractivity contribution in [1.82, 2.24) is 4.90 Å². The highest BCUT2D eigenvalue weighted by molar-refractivity contribution is 6.24. The Morgan fingerprint density at radius 1 is 0.923 bits per heavy atom. The van der Waals surface area contributed by atoms with Crippen LogP contribution in [-0.4, -0.2) is 39.4 Å². The summed E-state index contributed by atoms with van der Waals surface area (Å²) in [7, 11) is 0. The summed E-state index contributed by atoms with van der Waals surface area (Å²) in [5.74, 6) is -3.57. The monoisotopic (exact) mass is 523 g/mol. The predicted octanol–water partition coefficient (Wildman–Crippen LogP) is 3.92. The van der Waals surface area contributed by atoms with Gasteiger partial charge in [0.15, 0.2) is 5.78 Å². The molecule has 0 unspecified atom stereocenters. The minimum absolute atomic E-state index is 0.0882. The molecular formula is C29H21N3O7. The van der Waals surface area contributed by atoms with E-state index in [-0.39, 0.29) is 17.0 Å². The van der Waals surface area contributed by atoms with E-state index in [4.69, 9.17) is 4.74 Å². The van der Waals surface area contributed by atoms with Crippen molar-refractivity contribution in [2.24, 2.45) is 11.8 Å². The van der Waals surface area contributed by atoms with Gasteiger partial charge < -0.3 is 9.64 Å². The highest BCUT2D eigenvalue weighted by Crippen LogP contribution is 2.53. The Morgan fingerprint density at radius 2 is 1.64 bits per heavy atom. The molecule has 3 aromatic carbocycles. The second-order valence-corrected chi connectivity index (χ2v) is 9.60. The first-order chi connectivity index (χ1) is 18.8. The first kappa shape index (κ1) is 24.2. The molecule has 3 aromatic rings. The summed E-state index contributed by atoms with van der Waals surface area (Å²) in [5, 5.41) is 11.4. The molecule has 2 amide bonds. The van der Waals surface area contributed by atoms with Crippen LogP contribution in [0.4, 0.5) is 11.4 Å². The number of nitro groups is 1. The summed E-state index contributed by atoms with van der Waals surface area (Å²) in [6.07, 6.45) is 3.56. The zero-order valence-electron chi connectivity index (χ0n) is 20.6. The fourth-order valence-corrected chi connectivity index (χ4v) is 5.88. The third kappa shape index (κ3) is 3.80. The van der Waals surface area contributed by atoms with E-state index in [9.17, 15) is 29.3 Å². The number of nitro benzene ring substituents is 1. The summed E-state index contributed by atoms with van der Waals surface area (Å²) in [5.41, 5.74) is 1.84. The van der Waals surface area contributed by atoms with E-state index in [1.54, 1.807) is 11.1 Å². The molecule has 0 aliphatic carbocycles. The molecule has 0 bridgehead atoms. The Bertz CT molecular complexity index is 1600. The molecule has 3 aliphatic rings. The summed E-state index contributed by atoms with van der Waals surface area (Å²) in [6.45, 7) is 1.27. The van der Waals surface area contributed by atoms with Crippen molar-refractivity contribution < 1.29 is 28.8 Å². The van der Waals surface area contributed by atoms with Crippen LogP contribution >= 0.6 is 0 Å². The largest absolute Gasteiger partial charge is 0.427 e. The highest BCUT2D eigenvalue weighted by Gasteiger charge is 2.64. The van der Waals surface area contributed by atoms with Crippen molar-refractivity contribution in [3.05, 3.63) is 106 Å². The molecule has 0 radical (unpaired) electrons. The molecule has 10 nitrogen and oxygen atoms in total. The molecule has 2 saturated heterocycles. The van der Waals surface area contributed by atoms with Gasteiger partial charge in [0.25, 0.3) is 5.69 Å². The molecule has 194 valence electrons. The molecule has 10 heteroatoms. The lowest BCUT2D eigenvalue weighted by atomic mass is 9.83.